The highest BCUT2D eigenvalue weighted by atomic mass is 35.5. The number of hydrogen-bond acceptors (Lipinski definition) is 6. The molecule has 0 bridgehead atoms. The Bertz CT molecular complexity index is 766. The average Bonchev–Trinajstić information content (AvgIpc) is 3.29. The third kappa shape index (κ3) is 1.73. The first kappa shape index (κ1) is 18.4. The maximum absolute atomic E-state index is 12.0. The monoisotopic (exact) mass is 398 g/mol. The second-order valence-corrected chi connectivity index (χ2v) is 10.1. The fourth-order valence-corrected chi connectivity index (χ4v) is 7.54. The Morgan fingerprint density at radius 1 is 1.26 bits per heavy atom. The highest BCUT2D eigenvalue weighted by molar-refractivity contribution is 6.22. The molecule has 3 aliphatic carbocycles. The highest BCUT2D eigenvalue weighted by Gasteiger charge is 2.88. The SMILES string of the molecule is CC(C)[C@]1(O)[C@H](Cl)[C@H]2O[C@@]23[C@@]2(C)CCC4=C(COC4=O)[C@@H]2CC[C@@]3(O)[C@@H]1O. The van der Waals surface area contributed by atoms with Crippen LogP contribution in [0.1, 0.15) is 46.5 Å². The van der Waals surface area contributed by atoms with Crippen LogP contribution in [0.4, 0.5) is 0 Å². The van der Waals surface area contributed by atoms with Crippen LogP contribution in [0.5, 0.6) is 0 Å². The number of hydrogen-bond donors (Lipinski definition) is 3. The van der Waals surface area contributed by atoms with E-state index in [0.717, 1.165) is 11.1 Å². The molecule has 1 saturated heterocycles. The smallest absolute Gasteiger partial charge is 0.334 e. The Kier molecular flexibility index (Phi) is 3.46. The summed E-state index contributed by atoms with van der Waals surface area (Å²) in [7, 11) is 0. The summed E-state index contributed by atoms with van der Waals surface area (Å²) >= 11 is 6.67. The zero-order valence-electron chi connectivity index (χ0n) is 15.9. The van der Waals surface area contributed by atoms with Crippen LogP contribution in [0.2, 0.25) is 0 Å². The second-order valence-electron chi connectivity index (χ2n) is 9.63. The second kappa shape index (κ2) is 5.08. The Balaban J connectivity index is 1.63. The van der Waals surface area contributed by atoms with Crippen LogP contribution in [0, 0.1) is 17.3 Å². The van der Waals surface area contributed by atoms with E-state index in [-0.39, 0.29) is 24.2 Å². The summed E-state index contributed by atoms with van der Waals surface area (Å²) in [5, 5.41) is 33.4. The number of halogens is 1. The molecular formula is C20H27ClO6. The quantitative estimate of drug-likeness (QED) is 0.349. The van der Waals surface area contributed by atoms with E-state index in [1.54, 1.807) is 13.8 Å². The van der Waals surface area contributed by atoms with Gasteiger partial charge < -0.3 is 24.8 Å². The van der Waals surface area contributed by atoms with Gasteiger partial charge in [0.1, 0.15) is 35.6 Å². The topological polar surface area (TPSA) is 99.5 Å². The van der Waals surface area contributed by atoms with Gasteiger partial charge in [0.2, 0.25) is 0 Å². The summed E-state index contributed by atoms with van der Waals surface area (Å²) in [6, 6.07) is 0. The van der Waals surface area contributed by atoms with E-state index in [0.29, 0.717) is 25.9 Å². The molecule has 3 N–H and O–H groups in total. The zero-order valence-corrected chi connectivity index (χ0v) is 16.6. The molecule has 8 atom stereocenters. The predicted octanol–water partition coefficient (Wildman–Crippen LogP) is 1.29. The van der Waals surface area contributed by atoms with E-state index < -0.39 is 39.8 Å². The Morgan fingerprint density at radius 2 is 1.96 bits per heavy atom. The lowest BCUT2D eigenvalue weighted by molar-refractivity contribution is -0.259. The van der Waals surface area contributed by atoms with Crippen molar-refractivity contribution >= 4 is 17.6 Å². The molecule has 3 fully saturated rings. The molecule has 27 heavy (non-hydrogen) atoms. The number of alkyl halides is 1. The average molecular weight is 399 g/mol. The predicted molar refractivity (Wildman–Crippen MR) is 96.0 cm³/mol. The minimum atomic E-state index is -1.63. The van der Waals surface area contributed by atoms with E-state index in [1.807, 2.05) is 0 Å². The van der Waals surface area contributed by atoms with Crippen LogP contribution in [-0.2, 0) is 14.3 Å². The zero-order chi connectivity index (χ0) is 19.6. The van der Waals surface area contributed by atoms with Crippen molar-refractivity contribution in [1.82, 2.24) is 0 Å². The highest BCUT2D eigenvalue weighted by Crippen LogP contribution is 2.74. The Hall–Kier alpha value is -0.660. The van der Waals surface area contributed by atoms with Crippen molar-refractivity contribution in [1.29, 1.82) is 0 Å². The molecule has 0 aromatic rings. The summed E-state index contributed by atoms with van der Waals surface area (Å²) < 4.78 is 11.5. The van der Waals surface area contributed by atoms with Crippen molar-refractivity contribution in [2.45, 2.75) is 80.8 Å². The molecule has 7 heteroatoms. The molecule has 2 heterocycles. The van der Waals surface area contributed by atoms with Gasteiger partial charge in [0, 0.05) is 11.0 Å². The Labute approximate surface area is 163 Å². The van der Waals surface area contributed by atoms with Gasteiger partial charge in [-0.2, -0.15) is 0 Å². The van der Waals surface area contributed by atoms with Crippen LogP contribution < -0.4 is 0 Å². The number of aliphatic hydroxyl groups is 3. The van der Waals surface area contributed by atoms with Gasteiger partial charge in [-0.3, -0.25) is 0 Å². The minimum absolute atomic E-state index is 0.0410. The fraction of sp³-hybridized carbons (Fsp3) is 0.850. The lowest BCUT2D eigenvalue weighted by Crippen LogP contribution is -2.78. The molecule has 0 aromatic heterocycles. The summed E-state index contributed by atoms with van der Waals surface area (Å²) in [6.45, 7) is 5.97. The first-order chi connectivity index (χ1) is 12.6. The molecule has 5 rings (SSSR count). The third-order valence-corrected chi connectivity index (χ3v) is 9.14. The normalized spacial score (nSPS) is 56.2. The van der Waals surface area contributed by atoms with Crippen LogP contribution in [0.25, 0.3) is 0 Å². The van der Waals surface area contributed by atoms with E-state index in [4.69, 9.17) is 21.1 Å². The van der Waals surface area contributed by atoms with Crippen LogP contribution in [-0.4, -0.2) is 62.3 Å². The Morgan fingerprint density at radius 3 is 2.63 bits per heavy atom. The maximum atomic E-state index is 12.0. The summed E-state index contributed by atoms with van der Waals surface area (Å²) in [6.07, 6.45) is 0.189. The van der Waals surface area contributed by atoms with Gasteiger partial charge in [-0.1, -0.05) is 20.8 Å². The number of carbonyl (C=O) groups is 1. The number of rotatable bonds is 1. The first-order valence-corrected chi connectivity index (χ1v) is 10.3. The van der Waals surface area contributed by atoms with Crippen molar-refractivity contribution in [3.8, 4) is 0 Å². The summed E-state index contributed by atoms with van der Waals surface area (Å²) in [5.41, 5.74) is -2.91. The van der Waals surface area contributed by atoms with Crippen LogP contribution in [0.3, 0.4) is 0 Å². The van der Waals surface area contributed by atoms with Gasteiger partial charge in [0.05, 0.1) is 5.38 Å². The molecule has 0 unspecified atom stereocenters. The van der Waals surface area contributed by atoms with E-state index in [1.165, 1.54) is 0 Å². The van der Waals surface area contributed by atoms with Crippen molar-refractivity contribution in [2.24, 2.45) is 17.3 Å². The van der Waals surface area contributed by atoms with Gasteiger partial charge in [-0.15, -0.1) is 11.6 Å². The number of carbonyl (C=O) groups excluding carboxylic acids is 1. The van der Waals surface area contributed by atoms with Gasteiger partial charge in [-0.05, 0) is 43.1 Å². The van der Waals surface area contributed by atoms with Gasteiger partial charge >= 0.3 is 5.97 Å². The summed E-state index contributed by atoms with van der Waals surface area (Å²) in [4.78, 5) is 12.0. The largest absolute Gasteiger partial charge is 0.458 e. The molecule has 150 valence electrons. The van der Waals surface area contributed by atoms with Crippen molar-refractivity contribution in [3.63, 3.8) is 0 Å². The first-order valence-electron chi connectivity index (χ1n) is 9.89. The lowest BCUT2D eigenvalue weighted by atomic mass is 9.44. The molecule has 1 spiro atoms. The third-order valence-electron chi connectivity index (χ3n) is 8.56. The molecule has 2 saturated carbocycles. The number of fused-ring (bicyclic) bond motifs is 2. The molecule has 6 nitrogen and oxygen atoms in total. The van der Waals surface area contributed by atoms with Crippen LogP contribution in [0.15, 0.2) is 11.1 Å². The number of cyclic esters (lactones) is 1. The van der Waals surface area contributed by atoms with Crippen molar-refractivity contribution in [3.05, 3.63) is 11.1 Å². The molecule has 0 aromatic carbocycles. The molecule has 0 radical (unpaired) electrons. The van der Waals surface area contributed by atoms with Gasteiger partial charge in [0.25, 0.3) is 0 Å². The lowest BCUT2D eigenvalue weighted by Gasteiger charge is -2.62. The number of ether oxygens (including phenoxy) is 2. The standard InChI is InChI=1S/C20H27ClO6/c1-9(2)19(25)13(21)14-20(27-14)17(3)6-4-10-11(8-26-15(10)22)12(17)5-7-18(20,24)16(19)23/h9,12-14,16,23-25H,4-8H2,1-3H3/t12-,13+,14+,16-,17-,18+,19-,20+/m0/s1. The number of esters is 1. The maximum Gasteiger partial charge on any atom is 0.334 e. The van der Waals surface area contributed by atoms with E-state index in [2.05, 4.69) is 6.92 Å². The van der Waals surface area contributed by atoms with Crippen molar-refractivity contribution < 1.29 is 29.6 Å². The van der Waals surface area contributed by atoms with Crippen molar-refractivity contribution in [2.75, 3.05) is 6.61 Å². The number of aliphatic hydroxyl groups excluding tert-OH is 1. The molecule has 0 amide bonds. The minimum Gasteiger partial charge on any atom is -0.458 e. The van der Waals surface area contributed by atoms with Crippen LogP contribution >= 0.6 is 11.6 Å². The van der Waals surface area contributed by atoms with E-state index in [9.17, 15) is 20.1 Å². The fourth-order valence-electron chi connectivity index (χ4n) is 6.94. The molecule has 2 aliphatic heterocycles. The molecule has 5 aliphatic rings. The number of epoxide rings is 1. The molecular weight excluding hydrogens is 372 g/mol. The van der Waals surface area contributed by atoms with Gasteiger partial charge in [0.15, 0.2) is 0 Å². The summed E-state index contributed by atoms with van der Waals surface area (Å²) in [5.74, 6) is -0.528. The van der Waals surface area contributed by atoms with E-state index >= 15 is 0 Å². The van der Waals surface area contributed by atoms with Gasteiger partial charge in [-0.25, -0.2) is 4.79 Å².